The van der Waals surface area contributed by atoms with Gasteiger partial charge in [-0.15, -0.1) is 0 Å². The van der Waals surface area contributed by atoms with Crippen LogP contribution in [0.25, 0.3) is 6.08 Å². The lowest BCUT2D eigenvalue weighted by Crippen LogP contribution is -2.43. The molecule has 0 atom stereocenters. The molecule has 5 nitrogen and oxygen atoms in total. The molecule has 0 saturated carbocycles. The van der Waals surface area contributed by atoms with E-state index in [9.17, 15) is 9.59 Å². The van der Waals surface area contributed by atoms with Crippen LogP contribution in [0.3, 0.4) is 0 Å². The first-order chi connectivity index (χ1) is 12.2. The van der Waals surface area contributed by atoms with Gasteiger partial charge in [0.05, 0.1) is 0 Å². The van der Waals surface area contributed by atoms with Crippen molar-refractivity contribution in [2.24, 2.45) is 0 Å². The van der Waals surface area contributed by atoms with Gasteiger partial charge in [0.25, 0.3) is 0 Å². The van der Waals surface area contributed by atoms with E-state index in [4.69, 9.17) is 0 Å². The van der Waals surface area contributed by atoms with Gasteiger partial charge >= 0.3 is 0 Å². The van der Waals surface area contributed by atoms with Crippen molar-refractivity contribution in [3.05, 3.63) is 65.4 Å². The van der Waals surface area contributed by atoms with Gasteiger partial charge in [0.1, 0.15) is 5.82 Å². The molecule has 1 fully saturated rings. The van der Waals surface area contributed by atoms with Crippen molar-refractivity contribution in [3.8, 4) is 0 Å². The lowest BCUT2D eigenvalue weighted by atomic mass is 10.00. The largest absolute Gasteiger partial charge is 0.334 e. The highest BCUT2D eigenvalue weighted by Crippen LogP contribution is 2.20. The summed E-state index contributed by atoms with van der Waals surface area (Å²) in [5, 5.41) is 0. The Hall–Kier alpha value is -2.95. The highest BCUT2D eigenvalue weighted by molar-refractivity contribution is 5.98. The number of pyridine rings is 1. The molecule has 5 heteroatoms. The van der Waals surface area contributed by atoms with Crippen LogP contribution in [0.2, 0.25) is 0 Å². The Morgan fingerprint density at radius 2 is 1.88 bits per heavy atom. The quantitative estimate of drug-likeness (QED) is 0.640. The summed E-state index contributed by atoms with van der Waals surface area (Å²) in [4.78, 5) is 31.7. The number of carbonyl (C=O) groups excluding carboxylic acids is 2. The molecule has 1 saturated heterocycles. The van der Waals surface area contributed by atoms with E-state index in [0.29, 0.717) is 18.8 Å². The number of amides is 2. The number of hydrogen-bond donors (Lipinski definition) is 0. The topological polar surface area (TPSA) is 53.5 Å². The fourth-order valence-electron chi connectivity index (χ4n) is 3.17. The van der Waals surface area contributed by atoms with E-state index >= 15 is 0 Å². The molecule has 2 aliphatic rings. The smallest absolute Gasteiger partial charge is 0.246 e. The molecule has 0 bridgehead atoms. The number of hydrogen-bond acceptors (Lipinski definition) is 3. The number of rotatable bonds is 3. The van der Waals surface area contributed by atoms with Gasteiger partial charge in [0, 0.05) is 38.3 Å². The third-order valence-electron chi connectivity index (χ3n) is 4.76. The molecule has 126 valence electrons. The Balaban J connectivity index is 1.40. The number of β-lactam (4-membered cyclic amide) rings is 1. The van der Waals surface area contributed by atoms with Crippen molar-refractivity contribution in [2.45, 2.75) is 19.4 Å². The number of nitrogens with zero attached hydrogens (tertiary/aromatic N) is 3. The molecule has 1 aromatic carbocycles. The molecular formula is C20H19N3O2. The molecule has 1 aromatic heterocycles. The molecule has 4 rings (SSSR count). The van der Waals surface area contributed by atoms with E-state index in [1.165, 1.54) is 11.1 Å². The van der Waals surface area contributed by atoms with Crippen molar-refractivity contribution in [1.29, 1.82) is 0 Å². The van der Waals surface area contributed by atoms with Gasteiger partial charge in [-0.3, -0.25) is 14.5 Å². The van der Waals surface area contributed by atoms with Crippen LogP contribution in [0.5, 0.6) is 0 Å². The number of aromatic nitrogens is 1. The van der Waals surface area contributed by atoms with Crippen LogP contribution in [0.4, 0.5) is 5.82 Å². The Labute approximate surface area is 146 Å². The third kappa shape index (κ3) is 3.18. The summed E-state index contributed by atoms with van der Waals surface area (Å²) in [6.07, 6.45) is 6.56. The lowest BCUT2D eigenvalue weighted by Gasteiger charge is -2.29. The highest BCUT2D eigenvalue weighted by atomic mass is 16.2. The zero-order valence-electron chi connectivity index (χ0n) is 13.9. The molecule has 0 aliphatic carbocycles. The van der Waals surface area contributed by atoms with Gasteiger partial charge in [-0.2, -0.15) is 0 Å². The molecule has 2 amide bonds. The van der Waals surface area contributed by atoms with Crippen LogP contribution in [-0.4, -0.2) is 34.8 Å². The number of carbonyl (C=O) groups is 2. The van der Waals surface area contributed by atoms with E-state index in [0.717, 1.165) is 25.1 Å². The highest BCUT2D eigenvalue weighted by Gasteiger charge is 2.25. The molecule has 3 heterocycles. The van der Waals surface area contributed by atoms with Crippen molar-refractivity contribution >= 4 is 23.7 Å². The van der Waals surface area contributed by atoms with Crippen molar-refractivity contribution in [2.75, 3.05) is 18.0 Å². The summed E-state index contributed by atoms with van der Waals surface area (Å²) >= 11 is 0. The fraction of sp³-hybridized carbons (Fsp3) is 0.250. The summed E-state index contributed by atoms with van der Waals surface area (Å²) in [6, 6.07) is 12.0. The number of anilines is 1. The van der Waals surface area contributed by atoms with Gasteiger partial charge < -0.3 is 4.90 Å². The molecule has 0 radical (unpaired) electrons. The van der Waals surface area contributed by atoms with Crippen LogP contribution in [0.15, 0.2) is 48.7 Å². The van der Waals surface area contributed by atoms with E-state index in [1.54, 1.807) is 23.2 Å². The SMILES string of the molecule is O=C(C=Cc1ccc(N2CCC2=O)nc1)N1CCc2ccccc2C1. The average molecular weight is 333 g/mol. The second kappa shape index (κ2) is 6.51. The Bertz CT molecular complexity index is 842. The Morgan fingerprint density at radius 1 is 1.04 bits per heavy atom. The van der Waals surface area contributed by atoms with Crippen molar-refractivity contribution in [3.63, 3.8) is 0 Å². The van der Waals surface area contributed by atoms with E-state index in [2.05, 4.69) is 17.1 Å². The minimum absolute atomic E-state index is 0.0106. The zero-order valence-corrected chi connectivity index (χ0v) is 13.9. The number of benzene rings is 1. The maximum absolute atomic E-state index is 12.4. The first kappa shape index (κ1) is 15.6. The summed E-state index contributed by atoms with van der Waals surface area (Å²) in [6.45, 7) is 2.14. The first-order valence-corrected chi connectivity index (χ1v) is 8.51. The fourth-order valence-corrected chi connectivity index (χ4v) is 3.17. The normalized spacial score (nSPS) is 16.7. The van der Waals surface area contributed by atoms with Gasteiger partial charge in [-0.05, 0) is 41.3 Å². The van der Waals surface area contributed by atoms with E-state index < -0.39 is 0 Å². The van der Waals surface area contributed by atoms with Crippen LogP contribution >= 0.6 is 0 Å². The monoisotopic (exact) mass is 333 g/mol. The molecule has 2 aromatic rings. The standard InChI is InChI=1S/C20H19N3O2/c24-19(22-11-9-16-3-1-2-4-17(16)14-22)8-6-15-5-7-18(21-13-15)23-12-10-20(23)25/h1-8,13H,9-12,14H2. The second-order valence-corrected chi connectivity index (χ2v) is 6.36. The third-order valence-corrected chi connectivity index (χ3v) is 4.76. The molecule has 0 spiro atoms. The van der Waals surface area contributed by atoms with Gasteiger partial charge in [0.15, 0.2) is 0 Å². The van der Waals surface area contributed by atoms with Crippen molar-refractivity contribution in [1.82, 2.24) is 9.88 Å². The molecule has 2 aliphatic heterocycles. The predicted octanol–water partition coefficient (Wildman–Crippen LogP) is 2.42. The second-order valence-electron chi connectivity index (χ2n) is 6.36. The van der Waals surface area contributed by atoms with E-state index in [1.807, 2.05) is 29.2 Å². The summed E-state index contributed by atoms with van der Waals surface area (Å²) < 4.78 is 0. The Morgan fingerprint density at radius 3 is 2.56 bits per heavy atom. The van der Waals surface area contributed by atoms with Crippen LogP contribution in [0, 0.1) is 0 Å². The Kier molecular flexibility index (Phi) is 4.06. The zero-order chi connectivity index (χ0) is 17.2. The number of fused-ring (bicyclic) bond motifs is 1. The van der Waals surface area contributed by atoms with Crippen LogP contribution in [0.1, 0.15) is 23.1 Å². The van der Waals surface area contributed by atoms with Gasteiger partial charge in [-0.25, -0.2) is 4.98 Å². The van der Waals surface area contributed by atoms with Gasteiger partial charge in [0.2, 0.25) is 11.8 Å². The minimum Gasteiger partial charge on any atom is -0.334 e. The molecule has 25 heavy (non-hydrogen) atoms. The first-order valence-electron chi connectivity index (χ1n) is 8.51. The molecule has 0 N–H and O–H groups in total. The minimum atomic E-state index is 0.0106. The lowest BCUT2D eigenvalue weighted by molar-refractivity contribution is -0.126. The van der Waals surface area contributed by atoms with Crippen molar-refractivity contribution < 1.29 is 9.59 Å². The summed E-state index contributed by atoms with van der Waals surface area (Å²) in [7, 11) is 0. The van der Waals surface area contributed by atoms with Crippen LogP contribution in [-0.2, 0) is 22.6 Å². The molecule has 0 unspecified atom stereocenters. The summed E-state index contributed by atoms with van der Waals surface area (Å²) in [5.41, 5.74) is 3.40. The summed E-state index contributed by atoms with van der Waals surface area (Å²) in [5.74, 6) is 0.792. The maximum atomic E-state index is 12.4. The van der Waals surface area contributed by atoms with E-state index in [-0.39, 0.29) is 11.8 Å². The average Bonchev–Trinajstić information content (AvgIpc) is 2.65. The van der Waals surface area contributed by atoms with Crippen LogP contribution < -0.4 is 4.90 Å². The van der Waals surface area contributed by atoms with Gasteiger partial charge in [-0.1, -0.05) is 24.3 Å². The molecular weight excluding hydrogens is 314 g/mol. The maximum Gasteiger partial charge on any atom is 0.246 e. The predicted molar refractivity (Wildman–Crippen MR) is 95.8 cm³/mol.